The van der Waals surface area contributed by atoms with Crippen molar-refractivity contribution in [2.75, 3.05) is 13.6 Å². The lowest BCUT2D eigenvalue weighted by atomic mass is 10.0. The van der Waals surface area contributed by atoms with Crippen LogP contribution in [-0.2, 0) is 0 Å². The minimum atomic E-state index is 0.564. The minimum absolute atomic E-state index is 0.564. The van der Waals surface area contributed by atoms with E-state index in [1.807, 2.05) is 18.0 Å². The molecule has 12 heavy (non-hydrogen) atoms. The Labute approximate surface area is 75.0 Å². The number of nitrogens with zero attached hydrogens (tertiary/aromatic N) is 1. The van der Waals surface area contributed by atoms with E-state index >= 15 is 0 Å². The van der Waals surface area contributed by atoms with E-state index in [1.165, 1.54) is 5.56 Å². The first kappa shape index (κ1) is 9.27. The van der Waals surface area contributed by atoms with Gasteiger partial charge in [0, 0.05) is 0 Å². The van der Waals surface area contributed by atoms with Crippen LogP contribution in [0, 0.1) is 7.05 Å². The third-order valence-corrected chi connectivity index (χ3v) is 1.95. The Bertz CT molecular complexity index is 216. The van der Waals surface area contributed by atoms with E-state index in [4.69, 9.17) is 0 Å². The van der Waals surface area contributed by atoms with E-state index in [9.17, 15) is 0 Å². The van der Waals surface area contributed by atoms with Gasteiger partial charge in [-0.3, -0.25) is 7.05 Å². The Morgan fingerprint density at radius 2 is 1.92 bits per heavy atom. The van der Waals surface area contributed by atoms with Crippen molar-refractivity contribution in [1.29, 1.82) is 0 Å². The summed E-state index contributed by atoms with van der Waals surface area (Å²) in [7, 11) is 5.84. The van der Waals surface area contributed by atoms with Crippen LogP contribution >= 0.6 is 0 Å². The van der Waals surface area contributed by atoms with Crippen LogP contribution in [0.25, 0.3) is 0 Å². The van der Waals surface area contributed by atoms with Crippen molar-refractivity contribution in [3.05, 3.63) is 42.9 Å². The molecule has 0 heterocycles. The third-order valence-electron chi connectivity index (χ3n) is 1.95. The largest absolute Gasteiger partial charge is 0.461 e. The van der Waals surface area contributed by atoms with Crippen LogP contribution in [0.1, 0.15) is 18.4 Å². The van der Waals surface area contributed by atoms with Crippen LogP contribution in [0.4, 0.5) is 0 Å². The average Bonchev–Trinajstić information content (AvgIpc) is 2.05. The molecule has 0 fully saturated rings. The molecule has 1 rings (SSSR count). The molecule has 0 aliphatic carbocycles. The molecular formula is C11H16N-. The molecule has 0 N–H and O–H groups in total. The fourth-order valence-electron chi connectivity index (χ4n) is 1.35. The smallest absolute Gasteiger partial charge is 0.00867 e. The van der Waals surface area contributed by atoms with Gasteiger partial charge in [-0.1, -0.05) is 37.3 Å². The van der Waals surface area contributed by atoms with Crippen molar-refractivity contribution in [3.8, 4) is 0 Å². The monoisotopic (exact) mass is 162 g/mol. The molecule has 1 aromatic rings. The first-order valence-electron chi connectivity index (χ1n) is 4.26. The van der Waals surface area contributed by atoms with Gasteiger partial charge in [0.15, 0.2) is 0 Å². The fourth-order valence-corrected chi connectivity index (χ4v) is 1.35. The number of hydrogen-bond donors (Lipinski definition) is 0. The van der Waals surface area contributed by atoms with Crippen molar-refractivity contribution in [2.24, 2.45) is 0 Å². The molecule has 1 heteroatoms. The number of hydrogen-bond acceptors (Lipinski definition) is 1. The van der Waals surface area contributed by atoms with Crippen molar-refractivity contribution >= 4 is 0 Å². The summed E-state index contributed by atoms with van der Waals surface area (Å²) in [6.07, 6.45) is 0. The summed E-state index contributed by atoms with van der Waals surface area (Å²) in [5, 5.41) is 0. The number of likely N-dealkylation sites (N-methyl/N-ethyl adjacent to an activating group) is 1. The molecule has 0 radical (unpaired) electrons. The summed E-state index contributed by atoms with van der Waals surface area (Å²) in [6, 6.07) is 10.5. The van der Waals surface area contributed by atoms with E-state index in [0.717, 1.165) is 6.54 Å². The van der Waals surface area contributed by atoms with Gasteiger partial charge >= 0.3 is 0 Å². The SMILES string of the molecule is [CH2-]N(C)CC(C)c1ccccc1. The van der Waals surface area contributed by atoms with Crippen LogP contribution in [0.2, 0.25) is 0 Å². The van der Waals surface area contributed by atoms with Crippen LogP contribution in [0.5, 0.6) is 0 Å². The number of rotatable bonds is 3. The third kappa shape index (κ3) is 2.67. The van der Waals surface area contributed by atoms with Crippen molar-refractivity contribution in [2.45, 2.75) is 12.8 Å². The van der Waals surface area contributed by atoms with Gasteiger partial charge in [-0.25, -0.2) is 0 Å². The Hall–Kier alpha value is -0.820. The average molecular weight is 162 g/mol. The summed E-state index contributed by atoms with van der Waals surface area (Å²) < 4.78 is 0. The second-order valence-corrected chi connectivity index (χ2v) is 3.35. The van der Waals surface area contributed by atoms with Gasteiger partial charge in [-0.05, 0) is 25.1 Å². The molecule has 0 saturated heterocycles. The first-order valence-corrected chi connectivity index (χ1v) is 4.26. The lowest BCUT2D eigenvalue weighted by molar-refractivity contribution is 0.419. The summed E-state index contributed by atoms with van der Waals surface area (Å²) in [5.41, 5.74) is 1.38. The van der Waals surface area contributed by atoms with Gasteiger partial charge < -0.3 is 4.90 Å². The molecule has 0 saturated carbocycles. The minimum Gasteiger partial charge on any atom is -0.461 e. The fraction of sp³-hybridized carbons (Fsp3) is 0.364. The Morgan fingerprint density at radius 3 is 2.42 bits per heavy atom. The molecule has 0 aromatic heterocycles. The molecule has 66 valence electrons. The van der Waals surface area contributed by atoms with Crippen LogP contribution < -0.4 is 0 Å². The predicted molar refractivity (Wildman–Crippen MR) is 52.8 cm³/mol. The van der Waals surface area contributed by atoms with Gasteiger partial charge in [0.1, 0.15) is 0 Å². The maximum absolute atomic E-state index is 3.84. The van der Waals surface area contributed by atoms with Gasteiger partial charge in [0.25, 0.3) is 0 Å². The second-order valence-electron chi connectivity index (χ2n) is 3.35. The Balaban J connectivity index is 2.59. The Morgan fingerprint density at radius 1 is 1.33 bits per heavy atom. The molecule has 0 spiro atoms. The molecule has 1 nitrogen and oxygen atoms in total. The van der Waals surface area contributed by atoms with E-state index in [-0.39, 0.29) is 0 Å². The molecule has 0 aliphatic rings. The molecule has 1 atom stereocenters. The summed E-state index contributed by atoms with van der Waals surface area (Å²) in [5.74, 6) is 0.564. The van der Waals surface area contributed by atoms with Crippen molar-refractivity contribution in [3.63, 3.8) is 0 Å². The van der Waals surface area contributed by atoms with Gasteiger partial charge in [0.05, 0.1) is 0 Å². The highest BCUT2D eigenvalue weighted by molar-refractivity contribution is 5.18. The summed E-state index contributed by atoms with van der Waals surface area (Å²) >= 11 is 0. The quantitative estimate of drug-likeness (QED) is 0.617. The lowest BCUT2D eigenvalue weighted by Gasteiger charge is -2.23. The zero-order valence-electron chi connectivity index (χ0n) is 7.83. The molecular weight excluding hydrogens is 146 g/mol. The standard InChI is InChI=1S/C11H16N/c1-10(9-12(2)3)11-7-5-4-6-8-11/h4-8,10H,2,9H2,1,3H3/q-1. The maximum Gasteiger partial charge on any atom is -0.00867 e. The van der Waals surface area contributed by atoms with E-state index < -0.39 is 0 Å². The zero-order chi connectivity index (χ0) is 8.97. The van der Waals surface area contributed by atoms with Gasteiger partial charge in [-0.2, -0.15) is 0 Å². The van der Waals surface area contributed by atoms with Crippen LogP contribution in [-0.4, -0.2) is 18.5 Å². The second kappa shape index (κ2) is 4.27. The molecule has 0 amide bonds. The zero-order valence-corrected chi connectivity index (χ0v) is 7.83. The van der Waals surface area contributed by atoms with E-state index in [1.54, 1.807) is 0 Å². The molecule has 1 unspecified atom stereocenters. The van der Waals surface area contributed by atoms with Crippen molar-refractivity contribution < 1.29 is 0 Å². The Kier molecular flexibility index (Phi) is 3.30. The number of benzene rings is 1. The maximum atomic E-state index is 3.84. The van der Waals surface area contributed by atoms with Crippen molar-refractivity contribution in [1.82, 2.24) is 4.90 Å². The molecule has 1 aromatic carbocycles. The highest BCUT2D eigenvalue weighted by Gasteiger charge is 2.02. The summed E-state index contributed by atoms with van der Waals surface area (Å²) in [4.78, 5) is 1.97. The highest BCUT2D eigenvalue weighted by atomic mass is 15.1. The van der Waals surface area contributed by atoms with Gasteiger partial charge in [-0.15, -0.1) is 0 Å². The van der Waals surface area contributed by atoms with Gasteiger partial charge in [0.2, 0.25) is 0 Å². The molecule has 0 aliphatic heterocycles. The topological polar surface area (TPSA) is 3.24 Å². The van der Waals surface area contributed by atoms with Crippen LogP contribution in [0.3, 0.4) is 0 Å². The first-order chi connectivity index (χ1) is 5.70. The van der Waals surface area contributed by atoms with Crippen LogP contribution in [0.15, 0.2) is 30.3 Å². The normalized spacial score (nSPS) is 13.3. The van der Waals surface area contributed by atoms with E-state index in [2.05, 4.69) is 38.2 Å². The van der Waals surface area contributed by atoms with E-state index in [0.29, 0.717) is 5.92 Å². The summed E-state index contributed by atoms with van der Waals surface area (Å²) in [6.45, 7) is 3.22. The lowest BCUT2D eigenvalue weighted by Crippen LogP contribution is -2.16. The predicted octanol–water partition coefficient (Wildman–Crippen LogP) is 2.51. The molecule has 0 bridgehead atoms. The highest BCUT2D eigenvalue weighted by Crippen LogP contribution is 2.14.